The van der Waals surface area contributed by atoms with Crippen LogP contribution in [0.2, 0.25) is 0 Å². The maximum absolute atomic E-state index is 11.4. The van der Waals surface area contributed by atoms with Gasteiger partial charge in [-0.15, -0.1) is 0 Å². The van der Waals surface area contributed by atoms with Crippen LogP contribution in [0.25, 0.3) is 0 Å². The second kappa shape index (κ2) is 2.35. The fourth-order valence-corrected chi connectivity index (χ4v) is 2.62. The highest BCUT2D eigenvalue weighted by Gasteiger charge is 2.43. The third-order valence-electron chi connectivity index (χ3n) is 0.488. The molecule has 11 heavy (non-hydrogen) atoms. The highest BCUT2D eigenvalue weighted by atomic mass is 33.6. The van der Waals surface area contributed by atoms with Crippen molar-refractivity contribution in [3.8, 4) is 0 Å². The Hall–Kier alpha value is -0.290. The molecule has 0 unspecified atom stereocenters. The van der Waals surface area contributed by atoms with Crippen molar-refractivity contribution in [1.29, 1.82) is 0 Å². The first kappa shape index (κ1) is 10.7. The Morgan fingerprint density at radius 3 is 0.818 bits per heavy atom. The number of hydrogen-bond donors (Lipinski definition) is 0. The summed E-state index contributed by atoms with van der Waals surface area (Å²) < 4.78 is 80.1. The van der Waals surface area contributed by atoms with Crippen molar-refractivity contribution in [2.24, 2.45) is 0 Å². The molecular weight excluding hydrogens is 230 g/mol. The highest BCUT2D eigenvalue weighted by molar-refractivity contribution is 8.97. The Kier molecular flexibility index (Phi) is 2.29. The Morgan fingerprint density at radius 1 is 0.636 bits per heavy atom. The minimum Gasteiger partial charge on any atom is -0.190 e. The van der Waals surface area contributed by atoms with Gasteiger partial charge in [0.15, 0.2) is 0 Å². The minimum atomic E-state index is -6.45. The normalized spacial score (nSPS) is 14.7. The summed E-state index contributed by atoms with van der Waals surface area (Å²) >= 11 is 0. The Balaban J connectivity index is 5.92. The first-order valence-corrected chi connectivity index (χ1v) is 6.93. The van der Waals surface area contributed by atoms with Crippen LogP contribution in [0.5, 0.6) is 0 Å². The first-order valence-electron chi connectivity index (χ1n) is 1.64. The number of halogens is 2. The molecular formula is F2O6S3. The van der Waals surface area contributed by atoms with E-state index in [0.29, 0.717) is 0 Å². The third kappa shape index (κ3) is 1.84. The summed E-state index contributed by atoms with van der Waals surface area (Å²) in [5.74, 6) is 0. The highest BCUT2D eigenvalue weighted by Crippen LogP contribution is 2.14. The molecule has 0 rings (SSSR count). The van der Waals surface area contributed by atoms with Crippen LogP contribution in [0, 0.1) is 0 Å². The topological polar surface area (TPSA) is 102 Å². The average Bonchev–Trinajstić information content (AvgIpc) is 1.58. The molecule has 6 nitrogen and oxygen atoms in total. The standard InChI is InChI=1S/F2O6S3/c1-9(3,4)11(7,8)10(2,5)6. The zero-order valence-electron chi connectivity index (χ0n) is 4.43. The lowest BCUT2D eigenvalue weighted by atomic mass is 15.9. The quantitative estimate of drug-likeness (QED) is 0.437. The van der Waals surface area contributed by atoms with Crippen molar-refractivity contribution in [2.45, 2.75) is 0 Å². The van der Waals surface area contributed by atoms with Crippen molar-refractivity contribution in [3.63, 3.8) is 0 Å². The molecule has 0 aromatic heterocycles. The van der Waals surface area contributed by atoms with Crippen LogP contribution in [0.15, 0.2) is 0 Å². The SMILES string of the molecule is O=S(=O)(F)S(=O)(=O)S(=O)(=O)F. The summed E-state index contributed by atoms with van der Waals surface area (Å²) in [5.41, 5.74) is 0. The Labute approximate surface area is 60.0 Å². The van der Waals surface area contributed by atoms with E-state index in [9.17, 15) is 33.0 Å². The first-order chi connectivity index (χ1) is 4.50. The molecule has 0 aliphatic rings. The maximum atomic E-state index is 11.4. The van der Waals surface area contributed by atoms with Gasteiger partial charge in [-0.2, -0.15) is 25.3 Å². The lowest BCUT2D eigenvalue weighted by Crippen LogP contribution is -2.17. The van der Waals surface area contributed by atoms with Crippen molar-refractivity contribution < 1.29 is 33.0 Å². The smallest absolute Gasteiger partial charge is 0.190 e. The van der Waals surface area contributed by atoms with Crippen molar-refractivity contribution in [3.05, 3.63) is 0 Å². The fraction of sp³-hybridized carbons (Fsp3) is 0. The summed E-state index contributed by atoms with van der Waals surface area (Å²) in [5, 5.41) is 0. The summed E-state index contributed by atoms with van der Waals surface area (Å²) in [7, 11) is -19.3. The van der Waals surface area contributed by atoms with Crippen LogP contribution in [-0.2, 0) is 26.4 Å². The molecule has 0 saturated heterocycles. The van der Waals surface area contributed by atoms with Crippen molar-refractivity contribution in [1.82, 2.24) is 0 Å². The van der Waals surface area contributed by atoms with Crippen molar-refractivity contribution in [2.75, 3.05) is 0 Å². The fourth-order valence-electron chi connectivity index (χ4n) is 0.0971. The van der Waals surface area contributed by atoms with Gasteiger partial charge < -0.3 is 0 Å². The van der Waals surface area contributed by atoms with Crippen LogP contribution in [0.3, 0.4) is 0 Å². The molecule has 0 bridgehead atoms. The van der Waals surface area contributed by atoms with Gasteiger partial charge in [-0.05, 0) is 0 Å². The lowest BCUT2D eigenvalue weighted by molar-refractivity contribution is 0.544. The van der Waals surface area contributed by atoms with E-state index in [1.807, 2.05) is 0 Å². The maximum Gasteiger partial charge on any atom is 0.427 e. The number of hydrogen-bond acceptors (Lipinski definition) is 6. The molecule has 68 valence electrons. The third-order valence-corrected chi connectivity index (χ3v) is 7.31. The van der Waals surface area contributed by atoms with Crippen LogP contribution in [-0.4, -0.2) is 25.3 Å². The van der Waals surface area contributed by atoms with Crippen LogP contribution >= 0.6 is 0 Å². The van der Waals surface area contributed by atoms with Gasteiger partial charge in [0.05, 0.1) is 0 Å². The molecule has 0 radical (unpaired) electrons. The summed E-state index contributed by atoms with van der Waals surface area (Å²) in [6, 6.07) is 0. The minimum absolute atomic E-state index is 6.40. The van der Waals surface area contributed by atoms with Crippen molar-refractivity contribution >= 4 is 26.4 Å². The molecule has 0 saturated carbocycles. The lowest BCUT2D eigenvalue weighted by Gasteiger charge is -1.88. The van der Waals surface area contributed by atoms with E-state index >= 15 is 0 Å². The van der Waals surface area contributed by atoms with E-state index in [-0.39, 0.29) is 0 Å². The molecule has 0 N–H and O–H groups in total. The molecule has 0 amide bonds. The molecule has 0 aliphatic heterocycles. The van der Waals surface area contributed by atoms with Crippen LogP contribution < -0.4 is 0 Å². The van der Waals surface area contributed by atoms with Gasteiger partial charge in [0.2, 0.25) is 0 Å². The van der Waals surface area contributed by atoms with E-state index < -0.39 is 26.4 Å². The molecule has 0 fully saturated rings. The second-order valence-electron chi connectivity index (χ2n) is 1.19. The summed E-state index contributed by atoms with van der Waals surface area (Å²) in [6.45, 7) is 0. The van der Waals surface area contributed by atoms with Gasteiger partial charge in [0, 0.05) is 0 Å². The van der Waals surface area contributed by atoms with Gasteiger partial charge in [0.1, 0.15) is 0 Å². The molecule has 11 heteroatoms. The van der Waals surface area contributed by atoms with E-state index in [1.165, 1.54) is 0 Å². The summed E-state index contributed by atoms with van der Waals surface area (Å²) in [4.78, 5) is 0. The molecule has 0 aliphatic carbocycles. The predicted molar refractivity (Wildman–Crippen MR) is 29.0 cm³/mol. The second-order valence-corrected chi connectivity index (χ2v) is 9.24. The van der Waals surface area contributed by atoms with Gasteiger partial charge in [-0.1, -0.05) is 7.77 Å². The van der Waals surface area contributed by atoms with Crippen LogP contribution in [0.4, 0.5) is 7.77 Å². The molecule has 0 aromatic rings. The molecule has 0 aromatic carbocycles. The van der Waals surface area contributed by atoms with E-state index in [1.54, 1.807) is 0 Å². The van der Waals surface area contributed by atoms with Gasteiger partial charge in [-0.3, -0.25) is 0 Å². The van der Waals surface area contributed by atoms with E-state index in [4.69, 9.17) is 0 Å². The Morgan fingerprint density at radius 2 is 0.818 bits per heavy atom. The van der Waals surface area contributed by atoms with Gasteiger partial charge >= 0.3 is 26.4 Å². The number of rotatable bonds is 2. The largest absolute Gasteiger partial charge is 0.427 e. The van der Waals surface area contributed by atoms with E-state index in [2.05, 4.69) is 0 Å². The zero-order valence-corrected chi connectivity index (χ0v) is 6.88. The monoisotopic (exact) mass is 230 g/mol. The molecule has 0 atom stereocenters. The zero-order chi connectivity index (χ0) is 9.50. The van der Waals surface area contributed by atoms with Gasteiger partial charge in [-0.25, -0.2) is 0 Å². The van der Waals surface area contributed by atoms with Crippen LogP contribution in [0.1, 0.15) is 0 Å². The molecule has 0 spiro atoms. The Bertz CT molecular complexity index is 394. The predicted octanol–water partition coefficient (Wildman–Crippen LogP) is -1.17. The molecule has 0 heterocycles. The van der Waals surface area contributed by atoms with E-state index in [0.717, 1.165) is 0 Å². The summed E-state index contributed by atoms with van der Waals surface area (Å²) in [6.07, 6.45) is 0. The van der Waals surface area contributed by atoms with Gasteiger partial charge in [0.25, 0.3) is 0 Å². The average molecular weight is 230 g/mol.